The van der Waals surface area contributed by atoms with Gasteiger partial charge < -0.3 is 43.4 Å². The standard InChI is InChI=1S/C37H61NO13/c1-12-30-27(19-39)15-20(2)13-14-28(42)21(3)16-26(17-32(45-10)46-11)34(22(4)29(43)18-31(44)50-30)51-37-36(49-25(7)41)33(38(8)9)35(23(5)47-37)48-24(6)40/h13-15,21-23,26-27,29-30,32-37,39,43H,12,16-19H2,1-11H3/b14-13+,20-15+/t21-,22+,23-,26-,27-,29-,30-,33+,34-,35-,36-,37+/m1/s1. The fourth-order valence-corrected chi connectivity index (χ4v) is 6.97. The molecule has 12 atom stereocenters. The number of nitrogens with zero attached hydrogens (tertiary/aromatic N) is 1. The molecule has 0 bridgehead atoms. The van der Waals surface area contributed by atoms with E-state index in [9.17, 15) is 29.4 Å². The Labute approximate surface area is 302 Å². The molecule has 2 N–H and O–H groups in total. The number of ketones is 1. The number of carbonyl (C=O) groups excluding carboxylic acids is 4. The predicted molar refractivity (Wildman–Crippen MR) is 186 cm³/mol. The summed E-state index contributed by atoms with van der Waals surface area (Å²) < 4.78 is 41.5. The van der Waals surface area contributed by atoms with Crippen LogP contribution in [0.25, 0.3) is 0 Å². The number of cyclic esters (lactones) is 1. The summed E-state index contributed by atoms with van der Waals surface area (Å²) in [7, 11) is 6.49. The van der Waals surface area contributed by atoms with Crippen LogP contribution >= 0.6 is 0 Å². The van der Waals surface area contributed by atoms with Gasteiger partial charge in [0.1, 0.15) is 12.2 Å². The van der Waals surface area contributed by atoms with Gasteiger partial charge in [-0.1, -0.05) is 38.5 Å². The van der Waals surface area contributed by atoms with Gasteiger partial charge in [0.25, 0.3) is 0 Å². The molecule has 0 saturated carbocycles. The number of likely N-dealkylation sites (N-methyl/N-ethyl adjacent to an activating group) is 1. The maximum Gasteiger partial charge on any atom is 0.308 e. The van der Waals surface area contributed by atoms with Gasteiger partial charge in [0.15, 0.2) is 24.5 Å². The number of esters is 3. The number of rotatable bonds is 11. The summed E-state index contributed by atoms with van der Waals surface area (Å²) in [6.07, 6.45) is -2.03. The Morgan fingerprint density at radius 1 is 1.00 bits per heavy atom. The molecule has 0 aromatic carbocycles. The highest BCUT2D eigenvalue weighted by Crippen LogP contribution is 2.37. The Bertz CT molecular complexity index is 1200. The highest BCUT2D eigenvalue weighted by Gasteiger charge is 2.51. The summed E-state index contributed by atoms with van der Waals surface area (Å²) in [5, 5.41) is 21.8. The van der Waals surface area contributed by atoms with Gasteiger partial charge in [-0.05, 0) is 52.8 Å². The summed E-state index contributed by atoms with van der Waals surface area (Å²) in [6, 6.07) is -0.690. The van der Waals surface area contributed by atoms with Crippen molar-refractivity contribution in [3.05, 3.63) is 23.8 Å². The largest absolute Gasteiger partial charge is 0.462 e. The second-order valence-electron chi connectivity index (χ2n) is 14.0. The maximum absolute atomic E-state index is 13.5. The molecular weight excluding hydrogens is 666 g/mol. The van der Waals surface area contributed by atoms with E-state index < -0.39 is 96.8 Å². The second-order valence-corrected chi connectivity index (χ2v) is 14.0. The van der Waals surface area contributed by atoms with Crippen molar-refractivity contribution in [1.29, 1.82) is 0 Å². The number of hydrogen-bond acceptors (Lipinski definition) is 14. The van der Waals surface area contributed by atoms with E-state index in [1.165, 1.54) is 34.1 Å². The van der Waals surface area contributed by atoms with Gasteiger partial charge in [-0.25, -0.2) is 0 Å². The molecule has 0 amide bonds. The van der Waals surface area contributed by atoms with Crippen molar-refractivity contribution in [2.45, 2.75) is 129 Å². The van der Waals surface area contributed by atoms with Crippen molar-refractivity contribution < 1.29 is 62.5 Å². The highest BCUT2D eigenvalue weighted by atomic mass is 16.7. The quantitative estimate of drug-likeness (QED) is 0.180. The Kier molecular flexibility index (Phi) is 18.4. The van der Waals surface area contributed by atoms with Gasteiger partial charge in [-0.3, -0.25) is 24.1 Å². The van der Waals surface area contributed by atoms with E-state index >= 15 is 0 Å². The van der Waals surface area contributed by atoms with E-state index in [1.807, 2.05) is 6.92 Å². The first-order valence-electron chi connectivity index (χ1n) is 17.7. The number of allylic oxidation sites excluding steroid dienone is 3. The monoisotopic (exact) mass is 727 g/mol. The maximum atomic E-state index is 13.5. The average molecular weight is 728 g/mol. The zero-order valence-electron chi connectivity index (χ0n) is 32.1. The normalized spacial score (nSPS) is 36.3. The number of methoxy groups -OCH3 is 2. The first kappa shape index (κ1) is 44.4. The van der Waals surface area contributed by atoms with Crippen molar-refractivity contribution in [2.75, 3.05) is 34.9 Å². The molecule has 0 aliphatic carbocycles. The molecule has 292 valence electrons. The molecule has 14 nitrogen and oxygen atoms in total. The van der Waals surface area contributed by atoms with Crippen LogP contribution in [0.3, 0.4) is 0 Å². The first-order chi connectivity index (χ1) is 24.0. The molecule has 1 saturated heterocycles. The van der Waals surface area contributed by atoms with Crippen LogP contribution in [0.1, 0.15) is 74.1 Å². The molecule has 14 heteroatoms. The third-order valence-electron chi connectivity index (χ3n) is 9.73. The van der Waals surface area contributed by atoms with Gasteiger partial charge in [0, 0.05) is 52.2 Å². The molecule has 0 aromatic heterocycles. The van der Waals surface area contributed by atoms with Crippen LogP contribution in [0.2, 0.25) is 0 Å². The number of carbonyl (C=O) groups is 4. The topological polar surface area (TPSA) is 177 Å². The van der Waals surface area contributed by atoms with E-state index in [2.05, 4.69) is 0 Å². The van der Waals surface area contributed by atoms with Gasteiger partial charge in [-0.2, -0.15) is 0 Å². The number of hydrogen-bond donors (Lipinski definition) is 2. The molecule has 2 aliphatic heterocycles. The zero-order valence-corrected chi connectivity index (χ0v) is 32.1. The molecular formula is C37H61NO13. The zero-order chi connectivity index (χ0) is 38.6. The van der Waals surface area contributed by atoms with Crippen LogP contribution in [0.5, 0.6) is 0 Å². The molecule has 0 aromatic rings. The van der Waals surface area contributed by atoms with Crippen molar-refractivity contribution in [3.8, 4) is 0 Å². The van der Waals surface area contributed by atoms with E-state index in [0.29, 0.717) is 12.0 Å². The summed E-state index contributed by atoms with van der Waals surface area (Å²) in [5.41, 5.74) is 0.712. The Balaban J connectivity index is 2.73. The van der Waals surface area contributed by atoms with E-state index in [4.69, 9.17) is 33.2 Å². The van der Waals surface area contributed by atoms with Crippen molar-refractivity contribution in [1.82, 2.24) is 4.90 Å². The van der Waals surface area contributed by atoms with E-state index in [0.717, 1.165) is 0 Å². The van der Waals surface area contributed by atoms with Crippen molar-refractivity contribution >= 4 is 23.7 Å². The summed E-state index contributed by atoms with van der Waals surface area (Å²) in [6.45, 7) is 11.1. The third kappa shape index (κ3) is 13.0. The van der Waals surface area contributed by atoms with Crippen LogP contribution in [0.4, 0.5) is 0 Å². The summed E-state index contributed by atoms with van der Waals surface area (Å²) in [4.78, 5) is 53.2. The summed E-state index contributed by atoms with van der Waals surface area (Å²) >= 11 is 0. The van der Waals surface area contributed by atoms with Gasteiger partial charge in [0.2, 0.25) is 0 Å². The molecule has 2 aliphatic rings. The lowest BCUT2D eigenvalue weighted by molar-refractivity contribution is -0.309. The number of aliphatic hydroxyl groups is 2. The lowest BCUT2D eigenvalue weighted by atomic mass is 9.79. The minimum absolute atomic E-state index is 0.158. The van der Waals surface area contributed by atoms with Crippen LogP contribution < -0.4 is 0 Å². The predicted octanol–water partition coefficient (Wildman–Crippen LogP) is 2.96. The number of ether oxygens (including phenoxy) is 7. The molecule has 0 unspecified atom stereocenters. The lowest BCUT2D eigenvalue weighted by Gasteiger charge is -2.48. The van der Waals surface area contributed by atoms with Crippen molar-refractivity contribution in [3.63, 3.8) is 0 Å². The van der Waals surface area contributed by atoms with Crippen molar-refractivity contribution in [2.24, 2.45) is 23.7 Å². The van der Waals surface area contributed by atoms with E-state index in [-0.39, 0.29) is 31.7 Å². The minimum Gasteiger partial charge on any atom is -0.462 e. The highest BCUT2D eigenvalue weighted by molar-refractivity contribution is 5.91. The Morgan fingerprint density at radius 2 is 1.61 bits per heavy atom. The first-order valence-corrected chi connectivity index (χ1v) is 17.7. The molecule has 51 heavy (non-hydrogen) atoms. The molecule has 0 radical (unpaired) electrons. The van der Waals surface area contributed by atoms with Gasteiger partial charge >= 0.3 is 17.9 Å². The lowest BCUT2D eigenvalue weighted by Crippen LogP contribution is -2.65. The Morgan fingerprint density at radius 3 is 2.14 bits per heavy atom. The second kappa shape index (κ2) is 21.1. The third-order valence-corrected chi connectivity index (χ3v) is 9.73. The van der Waals surface area contributed by atoms with Crippen LogP contribution in [-0.4, -0.2) is 129 Å². The fourth-order valence-electron chi connectivity index (χ4n) is 6.97. The average Bonchev–Trinajstić information content (AvgIpc) is 3.06. The minimum atomic E-state index is -1.29. The van der Waals surface area contributed by atoms with Gasteiger partial charge in [-0.15, -0.1) is 0 Å². The summed E-state index contributed by atoms with van der Waals surface area (Å²) in [5.74, 6) is -4.34. The fraction of sp³-hybridized carbons (Fsp3) is 0.784. The van der Waals surface area contributed by atoms with E-state index in [1.54, 1.807) is 58.8 Å². The smallest absolute Gasteiger partial charge is 0.308 e. The van der Waals surface area contributed by atoms with Gasteiger partial charge in [0.05, 0.1) is 37.4 Å². The molecule has 0 spiro atoms. The molecule has 1 fully saturated rings. The van der Waals surface area contributed by atoms with Crippen LogP contribution in [-0.2, 0) is 52.3 Å². The van der Waals surface area contributed by atoms with Crippen LogP contribution in [0.15, 0.2) is 23.8 Å². The molecule has 2 rings (SSSR count). The Hall–Kier alpha value is -2.72. The SMILES string of the molecule is CC[C@H]1OC(=O)C[C@@H](O)[C@H](C)[C@@H](O[C@@H]2O[C@H](C)[C@@H](OC(C)=O)[C@H](N(C)C)[C@H]2OC(C)=O)[C@@H](CC(OC)OC)C[C@@H](C)C(=O)/C=C/C(C)=C/[C@@H]1CO. The molecule has 2 heterocycles. The van der Waals surface area contributed by atoms with Crippen LogP contribution in [0, 0.1) is 23.7 Å². The number of aliphatic hydroxyl groups excluding tert-OH is 2.